The van der Waals surface area contributed by atoms with Crippen molar-refractivity contribution in [2.45, 2.75) is 32.7 Å². The Balaban J connectivity index is 2.05. The van der Waals surface area contributed by atoms with Crippen LogP contribution in [0.1, 0.15) is 29.6 Å². The van der Waals surface area contributed by atoms with Crippen LogP contribution in [0.5, 0.6) is 5.75 Å². The minimum absolute atomic E-state index is 0.111. The number of aromatic nitrogens is 2. The number of aryl methyl sites for hydroxylation is 1. The molecule has 0 atom stereocenters. The average Bonchev–Trinajstić information content (AvgIpc) is 3.05. The lowest BCUT2D eigenvalue weighted by Gasteiger charge is -2.12. The fourth-order valence-corrected chi connectivity index (χ4v) is 3.76. The third kappa shape index (κ3) is 3.77. The zero-order chi connectivity index (χ0) is 18.7. The summed E-state index contributed by atoms with van der Waals surface area (Å²) in [5, 5.41) is 9.58. The van der Waals surface area contributed by atoms with Crippen LogP contribution in [0.15, 0.2) is 35.1 Å². The Bertz CT molecular complexity index is 989. The Morgan fingerprint density at radius 2 is 2.04 bits per heavy atom. The monoisotopic (exact) mass is 372 g/mol. The van der Waals surface area contributed by atoms with Gasteiger partial charge in [-0.1, -0.05) is 19.1 Å². The molecule has 0 amide bonds. The van der Waals surface area contributed by atoms with E-state index in [0.717, 1.165) is 22.6 Å². The van der Waals surface area contributed by atoms with Gasteiger partial charge in [0.2, 0.25) is 0 Å². The topological polar surface area (TPSA) is 81.4 Å². The molecule has 0 aliphatic rings. The SMILES string of the molecule is CCc1cc2c(=O)n(CCC(=O)O)c(Cc3ccc(OC)cc3)nc2s1. The molecule has 0 spiro atoms. The lowest BCUT2D eigenvalue weighted by molar-refractivity contribution is -0.137. The van der Waals surface area contributed by atoms with Crippen LogP contribution in [0.3, 0.4) is 0 Å². The van der Waals surface area contributed by atoms with Crippen molar-refractivity contribution in [3.63, 3.8) is 0 Å². The summed E-state index contributed by atoms with van der Waals surface area (Å²) in [5.41, 5.74) is 0.809. The lowest BCUT2D eigenvalue weighted by atomic mass is 10.1. The number of carboxylic acid groups (broad SMARTS) is 1. The second-order valence-electron chi connectivity index (χ2n) is 5.94. The standard InChI is InChI=1S/C19H20N2O4S/c1-3-14-11-15-18(26-14)20-16(21(19(15)24)9-8-17(22)23)10-12-4-6-13(25-2)7-5-12/h4-7,11H,3,8-10H2,1-2H3,(H,22,23). The molecule has 0 fully saturated rings. The first kappa shape index (κ1) is 18.1. The molecule has 2 heterocycles. The molecule has 0 saturated carbocycles. The third-order valence-electron chi connectivity index (χ3n) is 4.20. The van der Waals surface area contributed by atoms with E-state index in [4.69, 9.17) is 9.84 Å². The van der Waals surface area contributed by atoms with Crippen molar-refractivity contribution in [1.29, 1.82) is 0 Å². The molecule has 26 heavy (non-hydrogen) atoms. The van der Waals surface area contributed by atoms with Gasteiger partial charge in [0.05, 0.1) is 18.9 Å². The van der Waals surface area contributed by atoms with E-state index >= 15 is 0 Å². The van der Waals surface area contributed by atoms with Gasteiger partial charge in [0, 0.05) is 17.8 Å². The summed E-state index contributed by atoms with van der Waals surface area (Å²) in [4.78, 5) is 30.4. The molecule has 0 aliphatic carbocycles. The number of hydrogen-bond donors (Lipinski definition) is 1. The van der Waals surface area contributed by atoms with Gasteiger partial charge in [-0.15, -0.1) is 11.3 Å². The maximum Gasteiger partial charge on any atom is 0.305 e. The van der Waals surface area contributed by atoms with Gasteiger partial charge < -0.3 is 9.84 Å². The van der Waals surface area contributed by atoms with E-state index in [2.05, 4.69) is 4.98 Å². The van der Waals surface area contributed by atoms with E-state index in [-0.39, 0.29) is 18.5 Å². The smallest absolute Gasteiger partial charge is 0.305 e. The van der Waals surface area contributed by atoms with E-state index in [1.807, 2.05) is 37.3 Å². The fourth-order valence-electron chi connectivity index (χ4n) is 2.78. The number of thiophene rings is 1. The van der Waals surface area contributed by atoms with Gasteiger partial charge in [0.25, 0.3) is 5.56 Å². The molecule has 3 aromatic rings. The van der Waals surface area contributed by atoms with Crippen molar-refractivity contribution in [3.8, 4) is 5.75 Å². The van der Waals surface area contributed by atoms with E-state index in [0.29, 0.717) is 22.5 Å². The summed E-state index contributed by atoms with van der Waals surface area (Å²) in [5.74, 6) is 0.400. The predicted octanol–water partition coefficient (Wildman–Crippen LogP) is 3.09. The Hall–Kier alpha value is -2.67. The van der Waals surface area contributed by atoms with Crippen molar-refractivity contribution in [2.75, 3.05) is 7.11 Å². The summed E-state index contributed by atoms with van der Waals surface area (Å²) >= 11 is 1.51. The Morgan fingerprint density at radius 3 is 2.65 bits per heavy atom. The molecule has 0 bridgehead atoms. The van der Waals surface area contributed by atoms with Gasteiger partial charge in [-0.2, -0.15) is 0 Å². The summed E-state index contributed by atoms with van der Waals surface area (Å²) in [6.07, 6.45) is 1.17. The molecule has 2 aromatic heterocycles. The number of methoxy groups -OCH3 is 1. The second kappa shape index (κ2) is 7.70. The largest absolute Gasteiger partial charge is 0.497 e. The van der Waals surface area contributed by atoms with Gasteiger partial charge >= 0.3 is 5.97 Å². The van der Waals surface area contributed by atoms with E-state index < -0.39 is 5.97 Å². The van der Waals surface area contributed by atoms with Gasteiger partial charge in [0.1, 0.15) is 16.4 Å². The molecule has 0 radical (unpaired) electrons. The van der Waals surface area contributed by atoms with Crippen LogP contribution in [0.4, 0.5) is 0 Å². The zero-order valence-corrected chi connectivity index (χ0v) is 15.5. The highest BCUT2D eigenvalue weighted by molar-refractivity contribution is 7.18. The summed E-state index contributed by atoms with van der Waals surface area (Å²) in [6, 6.07) is 9.41. The second-order valence-corrected chi connectivity index (χ2v) is 7.05. The van der Waals surface area contributed by atoms with Crippen LogP contribution in [0, 0.1) is 0 Å². The summed E-state index contributed by atoms with van der Waals surface area (Å²) in [6.45, 7) is 2.14. The van der Waals surface area contributed by atoms with Crippen molar-refractivity contribution < 1.29 is 14.6 Å². The highest BCUT2D eigenvalue weighted by Gasteiger charge is 2.15. The van der Waals surface area contributed by atoms with Crippen LogP contribution in [-0.2, 0) is 24.2 Å². The van der Waals surface area contributed by atoms with Crippen molar-refractivity contribution in [3.05, 3.63) is 57.0 Å². The number of hydrogen-bond acceptors (Lipinski definition) is 5. The zero-order valence-electron chi connectivity index (χ0n) is 14.7. The maximum absolute atomic E-state index is 12.9. The minimum atomic E-state index is -0.938. The normalized spacial score (nSPS) is 11.0. The van der Waals surface area contributed by atoms with Crippen molar-refractivity contribution in [1.82, 2.24) is 9.55 Å². The molecule has 0 saturated heterocycles. The minimum Gasteiger partial charge on any atom is -0.497 e. The average molecular weight is 372 g/mol. The number of carbonyl (C=O) groups is 1. The van der Waals surface area contributed by atoms with Crippen LogP contribution in [0.25, 0.3) is 10.2 Å². The van der Waals surface area contributed by atoms with E-state index in [9.17, 15) is 9.59 Å². The lowest BCUT2D eigenvalue weighted by Crippen LogP contribution is -2.26. The van der Waals surface area contributed by atoms with Gasteiger partial charge in [-0.05, 0) is 30.2 Å². The van der Waals surface area contributed by atoms with Gasteiger partial charge in [-0.3, -0.25) is 14.2 Å². The predicted molar refractivity (Wildman–Crippen MR) is 101 cm³/mol. The molecule has 1 aromatic carbocycles. The quantitative estimate of drug-likeness (QED) is 0.689. The maximum atomic E-state index is 12.9. The van der Waals surface area contributed by atoms with Crippen LogP contribution in [-0.4, -0.2) is 27.7 Å². The van der Waals surface area contributed by atoms with E-state index in [1.54, 1.807) is 7.11 Å². The Labute approximate surface area is 154 Å². The highest BCUT2D eigenvalue weighted by Crippen LogP contribution is 2.23. The molecule has 0 unspecified atom stereocenters. The first-order valence-electron chi connectivity index (χ1n) is 8.38. The Kier molecular flexibility index (Phi) is 5.37. The molecular formula is C19H20N2O4S. The molecule has 136 valence electrons. The number of nitrogens with zero attached hydrogens (tertiary/aromatic N) is 2. The van der Waals surface area contributed by atoms with E-state index in [1.165, 1.54) is 15.9 Å². The molecule has 7 heteroatoms. The third-order valence-corrected chi connectivity index (χ3v) is 5.37. The summed E-state index contributed by atoms with van der Waals surface area (Å²) < 4.78 is 6.66. The highest BCUT2D eigenvalue weighted by atomic mass is 32.1. The number of carboxylic acids is 1. The van der Waals surface area contributed by atoms with Crippen LogP contribution < -0.4 is 10.3 Å². The number of benzene rings is 1. The number of rotatable bonds is 7. The van der Waals surface area contributed by atoms with Crippen molar-refractivity contribution >= 4 is 27.5 Å². The summed E-state index contributed by atoms with van der Waals surface area (Å²) in [7, 11) is 1.61. The first-order chi connectivity index (χ1) is 12.5. The molecule has 3 rings (SSSR count). The first-order valence-corrected chi connectivity index (χ1v) is 9.20. The molecule has 0 aliphatic heterocycles. The van der Waals surface area contributed by atoms with Gasteiger partial charge in [0.15, 0.2) is 0 Å². The van der Waals surface area contributed by atoms with Crippen LogP contribution in [0.2, 0.25) is 0 Å². The molecule has 1 N–H and O–H groups in total. The number of fused-ring (bicyclic) bond motifs is 1. The number of ether oxygens (including phenoxy) is 1. The fraction of sp³-hybridized carbons (Fsp3) is 0.316. The molecule has 6 nitrogen and oxygen atoms in total. The van der Waals surface area contributed by atoms with Gasteiger partial charge in [-0.25, -0.2) is 4.98 Å². The van der Waals surface area contributed by atoms with Crippen LogP contribution >= 0.6 is 11.3 Å². The van der Waals surface area contributed by atoms with Crippen molar-refractivity contribution in [2.24, 2.45) is 0 Å². The molecular weight excluding hydrogens is 352 g/mol. The Morgan fingerprint density at radius 1 is 1.31 bits per heavy atom. The number of aliphatic carboxylic acids is 1.